The SMILES string of the molecule is O=C(N[C@H](Cc1ccc(-c2cc(Cl)ccc2F)cc1)CC1(C(=O)O)CC1n1ccnc1)c1cn[nH]n1. The molecular weight excluding hydrogens is 487 g/mol. The van der Waals surface area contributed by atoms with Crippen molar-refractivity contribution in [1.29, 1.82) is 0 Å². The number of H-pyrrole nitrogens is 1. The maximum Gasteiger partial charge on any atom is 0.311 e. The van der Waals surface area contributed by atoms with Crippen LogP contribution >= 0.6 is 11.6 Å². The van der Waals surface area contributed by atoms with Crippen LogP contribution < -0.4 is 5.32 Å². The van der Waals surface area contributed by atoms with E-state index in [1.807, 2.05) is 12.1 Å². The molecule has 11 heteroatoms. The first-order valence-electron chi connectivity index (χ1n) is 11.3. The molecule has 2 unspecified atom stereocenters. The fourth-order valence-corrected chi connectivity index (χ4v) is 4.85. The van der Waals surface area contributed by atoms with Crippen molar-refractivity contribution in [2.45, 2.75) is 31.3 Å². The van der Waals surface area contributed by atoms with E-state index in [4.69, 9.17) is 11.6 Å². The lowest BCUT2D eigenvalue weighted by Gasteiger charge is -2.23. The average molecular weight is 509 g/mol. The van der Waals surface area contributed by atoms with Crippen molar-refractivity contribution in [2.75, 3.05) is 0 Å². The van der Waals surface area contributed by atoms with Crippen molar-refractivity contribution in [3.8, 4) is 11.1 Å². The van der Waals surface area contributed by atoms with Crippen molar-refractivity contribution < 1.29 is 19.1 Å². The van der Waals surface area contributed by atoms with Crippen LogP contribution in [0.2, 0.25) is 5.02 Å². The molecule has 0 spiro atoms. The van der Waals surface area contributed by atoms with Crippen LogP contribution in [0.4, 0.5) is 4.39 Å². The Balaban J connectivity index is 1.38. The second-order valence-corrected chi connectivity index (χ2v) is 9.38. The normalized spacial score (nSPS) is 19.6. The van der Waals surface area contributed by atoms with Gasteiger partial charge in [-0.3, -0.25) is 9.59 Å². The van der Waals surface area contributed by atoms with Gasteiger partial charge in [0.25, 0.3) is 5.91 Å². The van der Waals surface area contributed by atoms with Crippen LogP contribution in [0, 0.1) is 11.2 Å². The fourth-order valence-electron chi connectivity index (χ4n) is 4.68. The number of benzene rings is 2. The van der Waals surface area contributed by atoms with Crippen LogP contribution in [-0.4, -0.2) is 48.0 Å². The van der Waals surface area contributed by atoms with Gasteiger partial charge < -0.3 is 15.0 Å². The standard InChI is InChI=1S/C25H22ClFN6O3/c26-17-5-6-20(27)19(10-17)16-3-1-15(2-4-16)9-18(30-23(34)21-13-29-32-31-21)11-25(24(35)36)12-22(25)33-8-7-28-14-33/h1-8,10,13-14,18,22H,9,11-12H2,(H,30,34)(H,35,36)(H,29,31,32)/t18-,22?,25?/m1/s1. The van der Waals surface area contributed by atoms with Crippen LogP contribution in [0.25, 0.3) is 11.1 Å². The van der Waals surface area contributed by atoms with Gasteiger partial charge in [-0.05, 0) is 48.6 Å². The summed E-state index contributed by atoms with van der Waals surface area (Å²) >= 11 is 6.03. The number of nitrogens with one attached hydrogen (secondary N) is 2. The average Bonchev–Trinajstić information content (AvgIpc) is 3.26. The number of imidazole rings is 1. The molecule has 2 aromatic heterocycles. The van der Waals surface area contributed by atoms with Crippen LogP contribution in [0.5, 0.6) is 0 Å². The Kier molecular flexibility index (Phi) is 6.27. The maximum absolute atomic E-state index is 14.3. The monoisotopic (exact) mass is 508 g/mol. The van der Waals surface area contributed by atoms with Crippen LogP contribution in [0.15, 0.2) is 67.4 Å². The van der Waals surface area contributed by atoms with Crippen LogP contribution in [0.1, 0.15) is 34.9 Å². The Morgan fingerprint density at radius 3 is 2.75 bits per heavy atom. The minimum atomic E-state index is -1.04. The molecule has 1 saturated carbocycles. The Labute approximate surface area is 210 Å². The third kappa shape index (κ3) is 4.72. The largest absolute Gasteiger partial charge is 0.481 e. The summed E-state index contributed by atoms with van der Waals surface area (Å²) in [6, 6.07) is 10.8. The molecule has 2 heterocycles. The first kappa shape index (κ1) is 23.7. The van der Waals surface area contributed by atoms with E-state index in [9.17, 15) is 19.1 Å². The van der Waals surface area contributed by atoms with Crippen molar-refractivity contribution in [2.24, 2.45) is 5.41 Å². The minimum Gasteiger partial charge on any atom is -0.481 e. The highest BCUT2D eigenvalue weighted by atomic mass is 35.5. The van der Waals surface area contributed by atoms with Crippen LogP contribution in [-0.2, 0) is 11.2 Å². The number of aromatic amines is 1. The molecule has 1 amide bonds. The summed E-state index contributed by atoms with van der Waals surface area (Å²) < 4.78 is 16.1. The predicted molar refractivity (Wildman–Crippen MR) is 129 cm³/mol. The second kappa shape index (κ2) is 9.54. The number of hydrogen-bond acceptors (Lipinski definition) is 5. The zero-order chi connectivity index (χ0) is 25.3. The zero-order valence-electron chi connectivity index (χ0n) is 18.9. The molecule has 9 nitrogen and oxygen atoms in total. The number of carboxylic acids is 1. The number of halogens is 2. The number of carbonyl (C=O) groups excluding carboxylic acids is 1. The molecule has 0 saturated heterocycles. The van der Waals surface area contributed by atoms with E-state index in [1.165, 1.54) is 18.3 Å². The summed E-state index contributed by atoms with van der Waals surface area (Å²) in [5.41, 5.74) is 0.971. The van der Waals surface area contributed by atoms with Gasteiger partial charge in [-0.15, -0.1) is 0 Å². The highest BCUT2D eigenvalue weighted by Gasteiger charge is 2.62. The number of aromatic nitrogens is 5. The van der Waals surface area contributed by atoms with E-state index in [-0.39, 0.29) is 24.0 Å². The third-order valence-corrected chi connectivity index (χ3v) is 6.85. The Morgan fingerprint density at radius 2 is 2.08 bits per heavy atom. The molecule has 1 fully saturated rings. The number of rotatable bonds is 9. The number of aliphatic carboxylic acids is 1. The van der Waals surface area contributed by atoms with E-state index >= 15 is 0 Å². The van der Waals surface area contributed by atoms with E-state index in [2.05, 4.69) is 25.7 Å². The number of hydrogen-bond donors (Lipinski definition) is 3. The molecule has 2 aromatic carbocycles. The summed E-state index contributed by atoms with van der Waals surface area (Å²) in [6.07, 6.45) is 7.27. The zero-order valence-corrected chi connectivity index (χ0v) is 19.7. The van der Waals surface area contributed by atoms with E-state index in [0.29, 0.717) is 29.0 Å². The molecule has 0 radical (unpaired) electrons. The van der Waals surface area contributed by atoms with Gasteiger partial charge in [0.1, 0.15) is 5.82 Å². The molecule has 36 heavy (non-hydrogen) atoms. The Bertz CT molecular complexity index is 1380. The van der Waals surface area contributed by atoms with Crippen molar-refractivity contribution >= 4 is 23.5 Å². The fraction of sp³-hybridized carbons (Fsp3) is 0.240. The summed E-state index contributed by atoms with van der Waals surface area (Å²) in [6.45, 7) is 0. The van der Waals surface area contributed by atoms with Gasteiger partial charge in [-0.2, -0.15) is 15.4 Å². The number of carboxylic acid groups (broad SMARTS) is 1. The van der Waals surface area contributed by atoms with Gasteiger partial charge in [0.05, 0.1) is 24.0 Å². The minimum absolute atomic E-state index is 0.109. The molecule has 1 aliphatic rings. The first-order valence-corrected chi connectivity index (χ1v) is 11.7. The van der Waals surface area contributed by atoms with E-state index in [0.717, 1.165) is 5.56 Å². The molecule has 0 aliphatic heterocycles. The molecule has 3 atom stereocenters. The quantitative estimate of drug-likeness (QED) is 0.315. The smallest absolute Gasteiger partial charge is 0.311 e. The van der Waals surface area contributed by atoms with Crippen molar-refractivity contribution in [3.63, 3.8) is 0 Å². The van der Waals surface area contributed by atoms with Gasteiger partial charge in [0, 0.05) is 29.0 Å². The van der Waals surface area contributed by atoms with Crippen LogP contribution in [0.3, 0.4) is 0 Å². The van der Waals surface area contributed by atoms with Gasteiger partial charge in [0.2, 0.25) is 0 Å². The van der Waals surface area contributed by atoms with Gasteiger partial charge in [0.15, 0.2) is 5.69 Å². The number of nitrogens with zero attached hydrogens (tertiary/aromatic N) is 4. The summed E-state index contributed by atoms with van der Waals surface area (Å²) in [5.74, 6) is -1.76. The topological polar surface area (TPSA) is 126 Å². The molecule has 4 aromatic rings. The number of amides is 1. The number of carbonyl (C=O) groups is 2. The third-order valence-electron chi connectivity index (χ3n) is 6.61. The lowest BCUT2D eigenvalue weighted by molar-refractivity contribution is -0.144. The van der Waals surface area contributed by atoms with E-state index < -0.39 is 23.3 Å². The highest BCUT2D eigenvalue weighted by Crippen LogP contribution is 2.59. The summed E-state index contributed by atoms with van der Waals surface area (Å²) in [5, 5.41) is 23.3. The highest BCUT2D eigenvalue weighted by molar-refractivity contribution is 6.30. The summed E-state index contributed by atoms with van der Waals surface area (Å²) in [7, 11) is 0. The Hall–Kier alpha value is -4.05. The molecular formula is C25H22ClFN6O3. The molecule has 1 aliphatic carbocycles. The molecule has 184 valence electrons. The lowest BCUT2D eigenvalue weighted by atomic mass is 9.91. The first-order chi connectivity index (χ1) is 17.4. The molecule has 3 N–H and O–H groups in total. The van der Waals surface area contributed by atoms with Crippen molar-refractivity contribution in [3.05, 3.63) is 89.5 Å². The predicted octanol–water partition coefficient (Wildman–Crippen LogP) is 3.91. The van der Waals surface area contributed by atoms with Crippen molar-refractivity contribution in [1.82, 2.24) is 30.3 Å². The van der Waals surface area contributed by atoms with Gasteiger partial charge in [-0.1, -0.05) is 35.9 Å². The Morgan fingerprint density at radius 1 is 1.28 bits per heavy atom. The second-order valence-electron chi connectivity index (χ2n) is 8.95. The van der Waals surface area contributed by atoms with Gasteiger partial charge in [-0.25, -0.2) is 9.37 Å². The molecule has 0 bridgehead atoms. The molecule has 5 rings (SSSR count). The maximum atomic E-state index is 14.3. The van der Waals surface area contributed by atoms with Gasteiger partial charge >= 0.3 is 5.97 Å². The lowest BCUT2D eigenvalue weighted by Crippen LogP contribution is -2.40. The van der Waals surface area contributed by atoms with E-state index in [1.54, 1.807) is 41.5 Å². The summed E-state index contributed by atoms with van der Waals surface area (Å²) in [4.78, 5) is 29.1.